The summed E-state index contributed by atoms with van der Waals surface area (Å²) >= 11 is 6.15. The molecule has 1 fully saturated rings. The van der Waals surface area contributed by atoms with Gasteiger partial charge in [0, 0.05) is 34.6 Å². The van der Waals surface area contributed by atoms with E-state index in [4.69, 9.17) is 11.6 Å². The zero-order chi connectivity index (χ0) is 21.4. The van der Waals surface area contributed by atoms with Crippen LogP contribution in [0.1, 0.15) is 25.3 Å². The first kappa shape index (κ1) is 19.4. The molecule has 0 unspecified atom stereocenters. The molecule has 9 heteroatoms. The van der Waals surface area contributed by atoms with Gasteiger partial charge in [0.15, 0.2) is 0 Å². The standard InChI is InChI=1S/C22H20ClN7O/c1-2-30-13-14(12-24-30)18-7-6-17(11-19(18)20-26-28-29-27-20)25-21(31)22(8-9-22)15-4-3-5-16(23)10-15/h3-7,10-13H,2,8-9H2,1H3,(H,25,31)(H,26,27,28,29). The Balaban J connectivity index is 1.48. The number of aryl methyl sites for hydroxylation is 1. The Bertz CT molecular complexity index is 1240. The predicted molar refractivity (Wildman–Crippen MR) is 118 cm³/mol. The van der Waals surface area contributed by atoms with E-state index >= 15 is 0 Å². The lowest BCUT2D eigenvalue weighted by Gasteiger charge is -2.17. The van der Waals surface area contributed by atoms with Crippen molar-refractivity contribution in [1.82, 2.24) is 30.4 Å². The second kappa shape index (κ2) is 7.63. The number of aromatic amines is 1. The lowest BCUT2D eigenvalue weighted by molar-refractivity contribution is -0.118. The number of carbonyl (C=O) groups excluding carboxylic acids is 1. The molecule has 1 saturated carbocycles. The minimum absolute atomic E-state index is 0.0413. The number of hydrogen-bond donors (Lipinski definition) is 2. The summed E-state index contributed by atoms with van der Waals surface area (Å²) in [6, 6.07) is 13.2. The highest BCUT2D eigenvalue weighted by molar-refractivity contribution is 6.30. The summed E-state index contributed by atoms with van der Waals surface area (Å²) in [4.78, 5) is 13.2. The number of carbonyl (C=O) groups is 1. The highest BCUT2D eigenvalue weighted by Gasteiger charge is 2.51. The van der Waals surface area contributed by atoms with E-state index in [9.17, 15) is 4.79 Å². The SMILES string of the molecule is CCn1cc(-c2ccc(NC(=O)C3(c4cccc(Cl)c4)CC3)cc2-c2nn[nH]n2)cn1. The highest BCUT2D eigenvalue weighted by Crippen LogP contribution is 2.49. The first-order valence-electron chi connectivity index (χ1n) is 10.1. The Morgan fingerprint density at radius 3 is 2.77 bits per heavy atom. The maximum absolute atomic E-state index is 13.2. The molecule has 1 amide bonds. The number of amides is 1. The van der Waals surface area contributed by atoms with Crippen LogP contribution in [-0.2, 0) is 16.8 Å². The number of hydrogen-bond acceptors (Lipinski definition) is 5. The van der Waals surface area contributed by atoms with Gasteiger partial charge in [-0.1, -0.05) is 29.8 Å². The van der Waals surface area contributed by atoms with E-state index < -0.39 is 5.41 Å². The molecule has 156 valence electrons. The summed E-state index contributed by atoms with van der Waals surface area (Å²) < 4.78 is 1.85. The van der Waals surface area contributed by atoms with E-state index in [0.717, 1.165) is 41.6 Å². The summed E-state index contributed by atoms with van der Waals surface area (Å²) in [6.07, 6.45) is 5.37. The first-order chi connectivity index (χ1) is 15.1. The van der Waals surface area contributed by atoms with Crippen molar-refractivity contribution in [2.24, 2.45) is 0 Å². The molecule has 4 aromatic rings. The Labute approximate surface area is 183 Å². The second-order valence-electron chi connectivity index (χ2n) is 7.63. The van der Waals surface area contributed by atoms with Crippen LogP contribution in [0.4, 0.5) is 5.69 Å². The molecule has 0 spiro atoms. The molecule has 0 bridgehead atoms. The molecule has 31 heavy (non-hydrogen) atoms. The summed E-state index contributed by atoms with van der Waals surface area (Å²) in [5.74, 6) is 0.409. The van der Waals surface area contributed by atoms with Gasteiger partial charge in [0.25, 0.3) is 0 Å². The number of H-pyrrole nitrogens is 1. The monoisotopic (exact) mass is 433 g/mol. The molecule has 1 aliphatic carbocycles. The summed E-state index contributed by atoms with van der Waals surface area (Å²) in [5, 5.41) is 22.5. The van der Waals surface area contributed by atoms with Gasteiger partial charge in [0.05, 0.1) is 11.6 Å². The summed E-state index contributed by atoms with van der Waals surface area (Å²) in [5.41, 5.74) is 3.70. The maximum Gasteiger partial charge on any atom is 0.235 e. The van der Waals surface area contributed by atoms with Crippen molar-refractivity contribution in [3.05, 3.63) is 65.4 Å². The lowest BCUT2D eigenvalue weighted by Crippen LogP contribution is -2.27. The largest absolute Gasteiger partial charge is 0.325 e. The van der Waals surface area contributed by atoms with Gasteiger partial charge in [-0.15, -0.1) is 10.2 Å². The molecule has 0 radical (unpaired) electrons. The van der Waals surface area contributed by atoms with Crippen LogP contribution < -0.4 is 5.32 Å². The van der Waals surface area contributed by atoms with Crippen molar-refractivity contribution in [3.63, 3.8) is 0 Å². The quantitative estimate of drug-likeness (QED) is 0.477. The van der Waals surface area contributed by atoms with Gasteiger partial charge >= 0.3 is 0 Å². The molecule has 2 N–H and O–H groups in total. The van der Waals surface area contributed by atoms with Crippen molar-refractivity contribution in [2.45, 2.75) is 31.7 Å². The third-order valence-corrected chi connectivity index (χ3v) is 5.93. The number of tetrazole rings is 1. The molecule has 0 saturated heterocycles. The van der Waals surface area contributed by atoms with E-state index in [2.05, 4.69) is 31.0 Å². The Hall–Kier alpha value is -3.52. The fraction of sp³-hybridized carbons (Fsp3) is 0.227. The van der Waals surface area contributed by atoms with Gasteiger partial charge in [-0.05, 0) is 60.4 Å². The zero-order valence-electron chi connectivity index (χ0n) is 16.8. The molecule has 2 aromatic carbocycles. The predicted octanol–water partition coefficient (Wildman–Crippen LogP) is 4.07. The Morgan fingerprint density at radius 1 is 1.23 bits per heavy atom. The van der Waals surface area contributed by atoms with Crippen LogP contribution in [0.3, 0.4) is 0 Å². The smallest absolute Gasteiger partial charge is 0.235 e. The number of nitrogens with zero attached hydrogens (tertiary/aromatic N) is 5. The number of anilines is 1. The fourth-order valence-corrected chi connectivity index (χ4v) is 4.01. The van der Waals surface area contributed by atoms with E-state index in [0.29, 0.717) is 16.5 Å². The fourth-order valence-electron chi connectivity index (χ4n) is 3.82. The molecular formula is C22H20ClN7O. The van der Waals surface area contributed by atoms with Gasteiger partial charge in [-0.3, -0.25) is 9.48 Å². The molecule has 1 aliphatic rings. The van der Waals surface area contributed by atoms with Crippen molar-refractivity contribution in [2.75, 3.05) is 5.32 Å². The second-order valence-corrected chi connectivity index (χ2v) is 8.06. The average Bonchev–Trinajstić information content (AvgIpc) is 3.19. The molecule has 0 atom stereocenters. The van der Waals surface area contributed by atoms with E-state index in [1.165, 1.54) is 0 Å². The number of rotatable bonds is 6. The van der Waals surface area contributed by atoms with E-state index in [1.54, 1.807) is 6.20 Å². The van der Waals surface area contributed by atoms with Gasteiger partial charge in [0.1, 0.15) is 0 Å². The van der Waals surface area contributed by atoms with Gasteiger partial charge in [-0.2, -0.15) is 10.3 Å². The van der Waals surface area contributed by atoms with E-state index in [-0.39, 0.29) is 5.91 Å². The third-order valence-electron chi connectivity index (χ3n) is 5.69. The number of benzene rings is 2. The van der Waals surface area contributed by atoms with Crippen molar-refractivity contribution in [3.8, 4) is 22.5 Å². The van der Waals surface area contributed by atoms with Crippen LogP contribution in [0.2, 0.25) is 5.02 Å². The third kappa shape index (κ3) is 3.59. The molecule has 8 nitrogen and oxygen atoms in total. The van der Waals surface area contributed by atoms with Crippen molar-refractivity contribution < 1.29 is 4.79 Å². The molecule has 5 rings (SSSR count). The van der Waals surface area contributed by atoms with Gasteiger partial charge < -0.3 is 5.32 Å². The Kier molecular flexibility index (Phi) is 4.78. The summed E-state index contributed by atoms with van der Waals surface area (Å²) in [6.45, 7) is 2.81. The lowest BCUT2D eigenvalue weighted by atomic mass is 9.94. The van der Waals surface area contributed by atoms with Crippen LogP contribution in [0.5, 0.6) is 0 Å². The van der Waals surface area contributed by atoms with Crippen LogP contribution in [0.25, 0.3) is 22.5 Å². The minimum Gasteiger partial charge on any atom is -0.325 e. The molecular weight excluding hydrogens is 414 g/mol. The normalized spacial score (nSPS) is 14.4. The van der Waals surface area contributed by atoms with Gasteiger partial charge in [-0.25, -0.2) is 0 Å². The number of nitrogens with one attached hydrogen (secondary N) is 2. The van der Waals surface area contributed by atoms with E-state index in [1.807, 2.05) is 60.3 Å². The van der Waals surface area contributed by atoms with Crippen LogP contribution in [-0.4, -0.2) is 36.3 Å². The average molecular weight is 434 g/mol. The summed E-state index contributed by atoms with van der Waals surface area (Å²) in [7, 11) is 0. The Morgan fingerprint density at radius 2 is 2.10 bits per heavy atom. The maximum atomic E-state index is 13.2. The molecule has 2 aromatic heterocycles. The van der Waals surface area contributed by atoms with Gasteiger partial charge in [0.2, 0.25) is 11.7 Å². The van der Waals surface area contributed by atoms with Crippen LogP contribution >= 0.6 is 11.6 Å². The molecule has 2 heterocycles. The number of aromatic nitrogens is 6. The first-order valence-corrected chi connectivity index (χ1v) is 10.4. The van der Waals surface area contributed by atoms with Crippen LogP contribution in [0.15, 0.2) is 54.9 Å². The van der Waals surface area contributed by atoms with Crippen molar-refractivity contribution in [1.29, 1.82) is 0 Å². The molecule has 0 aliphatic heterocycles. The minimum atomic E-state index is -0.530. The van der Waals surface area contributed by atoms with Crippen LogP contribution in [0, 0.1) is 0 Å². The zero-order valence-corrected chi connectivity index (χ0v) is 17.6. The number of halogens is 1. The van der Waals surface area contributed by atoms with Crippen molar-refractivity contribution >= 4 is 23.2 Å². The topological polar surface area (TPSA) is 101 Å². The highest BCUT2D eigenvalue weighted by atomic mass is 35.5.